The molecule has 1 amide bonds. The van der Waals surface area contributed by atoms with Crippen LogP contribution < -0.4 is 10.1 Å². The number of amides is 1. The van der Waals surface area contributed by atoms with Gasteiger partial charge in [0.1, 0.15) is 17.6 Å². The van der Waals surface area contributed by atoms with Gasteiger partial charge in [0.25, 0.3) is 0 Å². The van der Waals surface area contributed by atoms with Crippen LogP contribution >= 0.6 is 11.6 Å². The molecule has 0 unspecified atom stereocenters. The summed E-state index contributed by atoms with van der Waals surface area (Å²) in [6.45, 7) is 6.18. The second-order valence-corrected chi connectivity index (χ2v) is 9.79. The highest BCUT2D eigenvalue weighted by Crippen LogP contribution is 2.34. The molecule has 2 heterocycles. The number of carbonyl (C=O) groups excluding carboxylic acids is 1. The van der Waals surface area contributed by atoms with Gasteiger partial charge < -0.3 is 10.1 Å². The lowest BCUT2D eigenvalue weighted by Gasteiger charge is -2.14. The van der Waals surface area contributed by atoms with Crippen LogP contribution in [0.1, 0.15) is 60.6 Å². The number of aromatic nitrogens is 3. The number of benzene rings is 3. The molecule has 1 aromatic heterocycles. The van der Waals surface area contributed by atoms with Crippen LogP contribution in [0.3, 0.4) is 0 Å². The van der Waals surface area contributed by atoms with Crippen molar-refractivity contribution < 1.29 is 9.53 Å². The van der Waals surface area contributed by atoms with Crippen molar-refractivity contribution in [2.75, 3.05) is 12.4 Å². The largest absolute Gasteiger partial charge is 0.497 e. The number of aliphatic imine (C=N–C) groups is 1. The summed E-state index contributed by atoms with van der Waals surface area (Å²) in [5.41, 5.74) is 5.31. The van der Waals surface area contributed by atoms with Gasteiger partial charge in [0.15, 0.2) is 5.82 Å². The Morgan fingerprint density at radius 3 is 2.46 bits per heavy atom. The van der Waals surface area contributed by atoms with Crippen LogP contribution in [0, 0.1) is 6.92 Å². The maximum absolute atomic E-state index is 13.2. The SMILES string of the molecule is COc1ccc2c(c1)C(c1ccc(Cl)cc1)=N[C@H](CC(=O)Nc1ccc(C(C)C)cc1)c1nnc(C)n1-2. The van der Waals surface area contributed by atoms with Crippen LogP contribution in [0.4, 0.5) is 5.69 Å². The molecule has 7 nitrogen and oxygen atoms in total. The van der Waals surface area contributed by atoms with Crippen LogP contribution in [0.2, 0.25) is 5.02 Å². The fourth-order valence-electron chi connectivity index (χ4n) is 4.52. The van der Waals surface area contributed by atoms with Gasteiger partial charge in [0.2, 0.25) is 5.91 Å². The van der Waals surface area contributed by atoms with Gasteiger partial charge in [-0.25, -0.2) is 0 Å². The van der Waals surface area contributed by atoms with Crippen molar-refractivity contribution in [3.63, 3.8) is 0 Å². The normalized spacial score (nSPS) is 14.4. The Hall–Kier alpha value is -3.97. The topological polar surface area (TPSA) is 81.4 Å². The first-order valence-corrected chi connectivity index (χ1v) is 12.6. The standard InChI is InChI=1S/C29H28ClN5O2/c1-17(2)19-7-11-22(12-8-19)31-27(36)16-25-29-34-33-18(3)35(29)26-14-13-23(37-4)15-24(26)28(32-25)20-5-9-21(30)10-6-20/h5-15,17,25H,16H2,1-4H3,(H,31,36)/t25-/m1/s1. The molecule has 4 aromatic rings. The number of nitrogens with one attached hydrogen (secondary N) is 1. The van der Waals surface area contributed by atoms with Crippen molar-refractivity contribution in [1.82, 2.24) is 14.8 Å². The molecule has 0 fully saturated rings. The van der Waals surface area contributed by atoms with Gasteiger partial charge in [-0.05, 0) is 60.9 Å². The highest BCUT2D eigenvalue weighted by Gasteiger charge is 2.30. The van der Waals surface area contributed by atoms with E-state index in [1.807, 2.05) is 78.2 Å². The fraction of sp³-hybridized carbons (Fsp3) is 0.241. The quantitative estimate of drug-likeness (QED) is 0.329. The predicted molar refractivity (Wildman–Crippen MR) is 146 cm³/mol. The van der Waals surface area contributed by atoms with E-state index >= 15 is 0 Å². The number of halogens is 1. The Morgan fingerprint density at radius 1 is 1.05 bits per heavy atom. The first-order chi connectivity index (χ1) is 17.8. The third-order valence-electron chi connectivity index (χ3n) is 6.49. The molecule has 1 N–H and O–H groups in total. The van der Waals surface area contributed by atoms with Crippen LogP contribution in [-0.4, -0.2) is 33.5 Å². The van der Waals surface area contributed by atoms with Gasteiger partial charge in [0.05, 0.1) is 24.9 Å². The van der Waals surface area contributed by atoms with E-state index < -0.39 is 6.04 Å². The van der Waals surface area contributed by atoms with E-state index in [2.05, 4.69) is 29.4 Å². The number of rotatable bonds is 6. The van der Waals surface area contributed by atoms with E-state index in [1.54, 1.807) is 7.11 Å². The van der Waals surface area contributed by atoms with Gasteiger partial charge in [-0.3, -0.25) is 14.4 Å². The second-order valence-electron chi connectivity index (χ2n) is 9.35. The molecule has 0 aliphatic carbocycles. The zero-order chi connectivity index (χ0) is 26.1. The van der Waals surface area contributed by atoms with E-state index in [0.717, 1.165) is 28.2 Å². The Labute approximate surface area is 221 Å². The number of aryl methyl sites for hydroxylation is 1. The average Bonchev–Trinajstić information content (AvgIpc) is 3.21. The molecule has 1 atom stereocenters. The highest BCUT2D eigenvalue weighted by molar-refractivity contribution is 6.30. The number of nitrogens with zero attached hydrogens (tertiary/aromatic N) is 4. The minimum absolute atomic E-state index is 0.103. The molecule has 8 heteroatoms. The lowest BCUT2D eigenvalue weighted by molar-refractivity contribution is -0.116. The number of fused-ring (bicyclic) bond motifs is 3. The Kier molecular flexibility index (Phi) is 6.80. The van der Waals surface area contributed by atoms with Crippen molar-refractivity contribution >= 4 is 28.9 Å². The maximum Gasteiger partial charge on any atom is 0.227 e. The Balaban J connectivity index is 1.56. The summed E-state index contributed by atoms with van der Waals surface area (Å²) in [6.07, 6.45) is 0.103. The van der Waals surface area contributed by atoms with Gasteiger partial charge in [-0.1, -0.05) is 49.7 Å². The number of anilines is 1. The molecule has 3 aromatic carbocycles. The van der Waals surface area contributed by atoms with Crippen LogP contribution in [0.25, 0.3) is 5.69 Å². The zero-order valence-electron chi connectivity index (χ0n) is 21.2. The minimum atomic E-state index is -0.555. The molecule has 0 bridgehead atoms. The maximum atomic E-state index is 13.2. The average molecular weight is 514 g/mol. The molecule has 5 rings (SSSR count). The fourth-order valence-corrected chi connectivity index (χ4v) is 4.64. The zero-order valence-corrected chi connectivity index (χ0v) is 22.0. The van der Waals surface area contributed by atoms with Crippen molar-refractivity contribution in [3.05, 3.63) is 100 Å². The molecule has 0 saturated heterocycles. The summed E-state index contributed by atoms with van der Waals surface area (Å²) < 4.78 is 7.49. The van der Waals surface area contributed by atoms with E-state index in [1.165, 1.54) is 5.56 Å². The molecule has 0 spiro atoms. The molecular formula is C29H28ClN5O2. The summed E-state index contributed by atoms with van der Waals surface area (Å²) in [7, 11) is 1.63. The minimum Gasteiger partial charge on any atom is -0.497 e. The third-order valence-corrected chi connectivity index (χ3v) is 6.74. The predicted octanol–water partition coefficient (Wildman–Crippen LogP) is 6.28. The smallest absolute Gasteiger partial charge is 0.227 e. The summed E-state index contributed by atoms with van der Waals surface area (Å²) in [4.78, 5) is 18.3. The van der Waals surface area contributed by atoms with Gasteiger partial charge >= 0.3 is 0 Å². The first-order valence-electron chi connectivity index (χ1n) is 12.2. The summed E-state index contributed by atoms with van der Waals surface area (Å²) in [6, 6.07) is 20.7. The van der Waals surface area contributed by atoms with Crippen molar-refractivity contribution in [1.29, 1.82) is 0 Å². The molecule has 188 valence electrons. The number of hydrogen-bond donors (Lipinski definition) is 1. The lowest BCUT2D eigenvalue weighted by Crippen LogP contribution is -2.17. The number of methoxy groups -OCH3 is 1. The van der Waals surface area contributed by atoms with E-state index in [4.69, 9.17) is 21.3 Å². The summed E-state index contributed by atoms with van der Waals surface area (Å²) in [5.74, 6) is 2.29. The molecule has 0 saturated carbocycles. The monoisotopic (exact) mass is 513 g/mol. The van der Waals surface area contributed by atoms with Gasteiger partial charge in [0, 0.05) is 21.8 Å². The Bertz CT molecular complexity index is 1470. The molecular weight excluding hydrogens is 486 g/mol. The summed E-state index contributed by atoms with van der Waals surface area (Å²) >= 11 is 6.17. The van der Waals surface area contributed by atoms with Gasteiger partial charge in [-0.15, -0.1) is 10.2 Å². The third kappa shape index (κ3) is 5.00. The number of hydrogen-bond acceptors (Lipinski definition) is 5. The first kappa shape index (κ1) is 24.7. The molecule has 0 radical (unpaired) electrons. The van der Waals surface area contributed by atoms with Crippen LogP contribution in [0.15, 0.2) is 71.7 Å². The van der Waals surface area contributed by atoms with Crippen LogP contribution in [-0.2, 0) is 4.79 Å². The van der Waals surface area contributed by atoms with Crippen LogP contribution in [0.5, 0.6) is 5.75 Å². The van der Waals surface area contributed by atoms with E-state index in [-0.39, 0.29) is 12.3 Å². The second kappa shape index (κ2) is 10.2. The number of carbonyl (C=O) groups is 1. The van der Waals surface area contributed by atoms with Gasteiger partial charge in [-0.2, -0.15) is 0 Å². The van der Waals surface area contributed by atoms with Crippen molar-refractivity contribution in [2.45, 2.75) is 39.2 Å². The summed E-state index contributed by atoms with van der Waals surface area (Å²) in [5, 5.41) is 12.4. The van der Waals surface area contributed by atoms with E-state index in [0.29, 0.717) is 28.3 Å². The highest BCUT2D eigenvalue weighted by atomic mass is 35.5. The molecule has 1 aliphatic heterocycles. The molecule has 1 aliphatic rings. The van der Waals surface area contributed by atoms with Crippen molar-refractivity contribution in [2.24, 2.45) is 4.99 Å². The lowest BCUT2D eigenvalue weighted by atomic mass is 10.00. The van der Waals surface area contributed by atoms with Crippen molar-refractivity contribution in [3.8, 4) is 11.4 Å². The van der Waals surface area contributed by atoms with E-state index in [9.17, 15) is 4.79 Å². The Morgan fingerprint density at radius 2 is 1.78 bits per heavy atom. The number of ether oxygens (including phenoxy) is 1. The molecule has 37 heavy (non-hydrogen) atoms.